The number of aliphatic carboxylic acids is 2. The summed E-state index contributed by atoms with van der Waals surface area (Å²) in [4.78, 5) is 41.5. The Bertz CT molecular complexity index is 1070. The van der Waals surface area contributed by atoms with Gasteiger partial charge in [-0.2, -0.15) is 0 Å². The second-order valence-corrected chi connectivity index (χ2v) is 13.3. The summed E-state index contributed by atoms with van der Waals surface area (Å²) in [5, 5.41) is 34.1. The molecule has 198 valence electrons. The van der Waals surface area contributed by atoms with E-state index >= 15 is 0 Å². The Kier molecular flexibility index (Phi) is 18.0. The van der Waals surface area contributed by atoms with Gasteiger partial charge in [-0.15, -0.1) is 0 Å². The van der Waals surface area contributed by atoms with Crippen LogP contribution in [0.25, 0.3) is 0 Å². The van der Waals surface area contributed by atoms with Gasteiger partial charge in [-0.25, -0.2) is 9.59 Å². The molecule has 0 bridgehead atoms. The number of carboxylic acids is 4. The highest BCUT2D eigenvalue weighted by molar-refractivity contribution is 14.1. The normalized spacial score (nSPS) is 9.83. The molecule has 2 aromatic rings. The minimum Gasteiger partial charge on any atom is -0.481 e. The predicted octanol–water partition coefficient (Wildman–Crippen LogP) is 6.28. The highest BCUT2D eigenvalue weighted by atomic mass is 127. The summed E-state index contributed by atoms with van der Waals surface area (Å²) in [7, 11) is 0. The number of carboxylic acid groups (broad SMARTS) is 4. The summed E-state index contributed by atoms with van der Waals surface area (Å²) < 4.78 is 4.43. The van der Waals surface area contributed by atoms with Crippen LogP contribution >= 0.6 is 136 Å². The van der Waals surface area contributed by atoms with E-state index in [1.54, 1.807) is 12.1 Å². The van der Waals surface area contributed by atoms with Gasteiger partial charge < -0.3 is 31.9 Å². The first-order valence-electron chi connectivity index (χ1n) is 9.28. The lowest BCUT2D eigenvalue weighted by molar-refractivity contribution is -0.139. The molecule has 0 amide bonds. The topological polar surface area (TPSA) is 201 Å². The smallest absolute Gasteiger partial charge is 0.337 e. The van der Waals surface area contributed by atoms with Crippen molar-refractivity contribution in [2.45, 2.75) is 25.7 Å². The van der Waals surface area contributed by atoms with Crippen LogP contribution in [-0.4, -0.2) is 44.3 Å². The first-order chi connectivity index (χ1) is 16.5. The largest absolute Gasteiger partial charge is 0.481 e. The summed E-state index contributed by atoms with van der Waals surface area (Å²) in [6.45, 7) is 0. The third-order valence-corrected chi connectivity index (χ3v) is 9.60. The summed E-state index contributed by atoms with van der Waals surface area (Å²) in [6, 6.07) is 3.53. The van der Waals surface area contributed by atoms with E-state index < -0.39 is 23.9 Å². The number of unbranched alkanes of at least 4 members (excludes halogenated alkanes) is 1. The molecule has 0 radical (unpaired) electrons. The molecule has 0 spiro atoms. The van der Waals surface area contributed by atoms with Gasteiger partial charge in [0.1, 0.15) is 0 Å². The fourth-order valence-electron chi connectivity index (χ4n) is 2.16. The van der Waals surface area contributed by atoms with Crippen LogP contribution in [-0.2, 0) is 9.59 Å². The monoisotopic (exact) mass is 1180 g/mol. The molecule has 16 heteroatoms. The van der Waals surface area contributed by atoms with E-state index in [9.17, 15) is 19.2 Å². The second-order valence-electron chi connectivity index (χ2n) is 6.49. The molecule has 0 saturated carbocycles. The molecule has 8 N–H and O–H groups in total. The molecule has 0 saturated heterocycles. The van der Waals surface area contributed by atoms with E-state index in [0.717, 1.165) is 7.14 Å². The summed E-state index contributed by atoms with van der Waals surface area (Å²) >= 11 is 12.1. The molecule has 2 rings (SSSR count). The van der Waals surface area contributed by atoms with E-state index in [-0.39, 0.29) is 12.8 Å². The van der Waals surface area contributed by atoms with E-state index in [2.05, 4.69) is 45.2 Å². The third kappa shape index (κ3) is 12.4. The van der Waals surface area contributed by atoms with Gasteiger partial charge in [-0.3, -0.25) is 9.59 Å². The molecule has 0 aliphatic carbocycles. The van der Waals surface area contributed by atoms with Gasteiger partial charge >= 0.3 is 23.9 Å². The molecular formula is C20H18I6N2O8. The Hall–Kier alpha value is 0.300. The Morgan fingerprint density at radius 2 is 0.861 bits per heavy atom. The number of hydrogen-bond donors (Lipinski definition) is 6. The zero-order valence-corrected chi connectivity index (χ0v) is 30.8. The minimum atomic E-state index is -0.933. The predicted molar refractivity (Wildman–Crippen MR) is 186 cm³/mol. The van der Waals surface area contributed by atoms with Gasteiger partial charge in [0, 0.05) is 27.1 Å². The highest BCUT2D eigenvalue weighted by Crippen LogP contribution is 2.30. The molecule has 10 nitrogen and oxygen atoms in total. The van der Waals surface area contributed by atoms with Crippen molar-refractivity contribution in [3.05, 3.63) is 44.7 Å². The number of carbonyl (C=O) groups is 4. The summed E-state index contributed by atoms with van der Waals surface area (Å²) in [5.74, 6) is -3.61. The van der Waals surface area contributed by atoms with Crippen LogP contribution in [0.5, 0.6) is 0 Å². The van der Waals surface area contributed by atoms with Crippen LogP contribution in [0.15, 0.2) is 12.1 Å². The molecule has 0 atom stereocenters. The van der Waals surface area contributed by atoms with Crippen molar-refractivity contribution in [1.29, 1.82) is 0 Å². The number of hydrogen-bond acceptors (Lipinski definition) is 6. The molecule has 0 fully saturated rings. The number of nitrogens with two attached hydrogens (primary N) is 2. The molecule has 36 heavy (non-hydrogen) atoms. The fourth-order valence-corrected chi connectivity index (χ4v) is 9.82. The number of aromatic carboxylic acids is 2. The number of halogens is 6. The Morgan fingerprint density at radius 1 is 0.583 bits per heavy atom. The van der Waals surface area contributed by atoms with Crippen LogP contribution in [0.2, 0.25) is 0 Å². The molecule has 2 aromatic carbocycles. The quantitative estimate of drug-likeness (QED) is 0.104. The van der Waals surface area contributed by atoms with Gasteiger partial charge in [0.05, 0.1) is 29.6 Å². The first-order valence-corrected chi connectivity index (χ1v) is 15.8. The first kappa shape index (κ1) is 36.3. The molecule has 0 heterocycles. The average Bonchev–Trinajstić information content (AvgIpc) is 2.73. The summed E-state index contributed by atoms with van der Waals surface area (Å²) in [6.07, 6.45) is 1.02. The Morgan fingerprint density at radius 3 is 1.08 bits per heavy atom. The Balaban J connectivity index is 0.000000517. The maximum Gasteiger partial charge on any atom is 0.337 e. The van der Waals surface area contributed by atoms with Crippen molar-refractivity contribution in [3.63, 3.8) is 0 Å². The molecule has 0 aliphatic rings. The molecule has 0 aliphatic heterocycles. The lowest BCUT2D eigenvalue weighted by Crippen LogP contribution is -2.07. The number of benzene rings is 2. The summed E-state index contributed by atoms with van der Waals surface area (Å²) in [5.41, 5.74) is 13.1. The minimum absolute atomic E-state index is 0.0628. The van der Waals surface area contributed by atoms with Crippen LogP contribution in [0.1, 0.15) is 46.4 Å². The van der Waals surface area contributed by atoms with Crippen molar-refractivity contribution in [1.82, 2.24) is 0 Å². The van der Waals surface area contributed by atoms with E-state index in [1.165, 1.54) is 0 Å². The van der Waals surface area contributed by atoms with E-state index in [4.69, 9.17) is 31.9 Å². The molecular weight excluding hydrogens is 1160 g/mol. The van der Waals surface area contributed by atoms with Crippen molar-refractivity contribution in [3.8, 4) is 0 Å². The highest BCUT2D eigenvalue weighted by Gasteiger charge is 2.18. The maximum absolute atomic E-state index is 10.8. The number of anilines is 2. The van der Waals surface area contributed by atoms with Gasteiger partial charge in [0.2, 0.25) is 0 Å². The van der Waals surface area contributed by atoms with Gasteiger partial charge in [0.25, 0.3) is 0 Å². The van der Waals surface area contributed by atoms with Crippen molar-refractivity contribution in [2.75, 3.05) is 11.5 Å². The van der Waals surface area contributed by atoms with E-state index in [0.29, 0.717) is 49.6 Å². The van der Waals surface area contributed by atoms with Gasteiger partial charge in [0.15, 0.2) is 0 Å². The van der Waals surface area contributed by atoms with Crippen molar-refractivity contribution in [2.24, 2.45) is 0 Å². The van der Waals surface area contributed by atoms with Crippen molar-refractivity contribution >= 4 is 171 Å². The standard InChI is InChI=1S/2C7H4I3NO2.C6H10O4/c2*8-2-1-3(9)6(11)5(10)4(2)7(12)13;7-5(8)3-1-2-4-6(9)10/h2*1H,11H2,(H,12,13);1-4H2,(H,7,8)(H,9,10). The maximum atomic E-state index is 10.8. The second kappa shape index (κ2) is 17.8. The fraction of sp³-hybridized carbons (Fsp3) is 0.200. The zero-order valence-electron chi connectivity index (χ0n) is 17.8. The van der Waals surface area contributed by atoms with Crippen LogP contribution in [0.3, 0.4) is 0 Å². The lowest BCUT2D eigenvalue weighted by atomic mass is 10.2. The van der Waals surface area contributed by atoms with Crippen LogP contribution in [0.4, 0.5) is 11.4 Å². The SMILES string of the molecule is Nc1c(I)cc(I)c(C(=O)O)c1I.Nc1c(I)cc(I)c(C(=O)O)c1I.O=C(O)CCCCC(=O)O. The van der Waals surface area contributed by atoms with Crippen LogP contribution < -0.4 is 11.5 Å². The number of rotatable bonds is 7. The van der Waals surface area contributed by atoms with Crippen molar-refractivity contribution < 1.29 is 39.6 Å². The lowest BCUT2D eigenvalue weighted by Gasteiger charge is -2.07. The Labute approximate surface area is 287 Å². The van der Waals surface area contributed by atoms with Gasteiger partial charge in [-0.1, -0.05) is 0 Å². The van der Waals surface area contributed by atoms with E-state index in [1.807, 2.05) is 90.4 Å². The molecule has 0 aromatic heterocycles. The van der Waals surface area contributed by atoms with Gasteiger partial charge in [-0.05, 0) is 161 Å². The number of nitrogen functional groups attached to an aromatic ring is 2. The zero-order chi connectivity index (χ0) is 28.3. The molecule has 0 unspecified atom stereocenters. The van der Waals surface area contributed by atoms with Crippen LogP contribution in [0, 0.1) is 21.4 Å². The average molecular weight is 1180 g/mol. The third-order valence-electron chi connectivity index (χ3n) is 3.87.